The normalized spacial score (nSPS) is 13.2. The maximum Gasteiger partial charge on any atom is 0.262 e. The van der Waals surface area contributed by atoms with Crippen LogP contribution in [0.25, 0.3) is 0 Å². The number of ether oxygens (including phenoxy) is 2. The Bertz CT molecular complexity index is 843. The van der Waals surface area contributed by atoms with Gasteiger partial charge in [-0.1, -0.05) is 6.07 Å². The second kappa shape index (κ2) is 5.21. The lowest BCUT2D eigenvalue weighted by Gasteiger charge is -2.13. The number of hydrogen-bond donors (Lipinski definition) is 1. The number of nitrogens with one attached hydrogen (secondary N) is 1. The van der Waals surface area contributed by atoms with Crippen LogP contribution in [0, 0.1) is 20.8 Å². The van der Waals surface area contributed by atoms with Gasteiger partial charge in [-0.3, -0.25) is 4.72 Å². The fraction of sp³-hybridized carbons (Fsp3) is 0.250. The van der Waals surface area contributed by atoms with E-state index in [2.05, 4.69) is 4.72 Å². The van der Waals surface area contributed by atoms with Crippen molar-refractivity contribution < 1.29 is 17.9 Å². The third kappa shape index (κ3) is 2.62. The number of aryl methyl sites for hydroxylation is 3. The predicted molar refractivity (Wildman–Crippen MR) is 84.0 cm³/mol. The Morgan fingerprint density at radius 2 is 1.59 bits per heavy atom. The Hall–Kier alpha value is -2.21. The van der Waals surface area contributed by atoms with Gasteiger partial charge in [-0.05, 0) is 55.7 Å². The van der Waals surface area contributed by atoms with Crippen LogP contribution in [0.1, 0.15) is 16.7 Å². The van der Waals surface area contributed by atoms with Gasteiger partial charge in [0.05, 0.1) is 10.6 Å². The molecule has 0 bridgehead atoms. The van der Waals surface area contributed by atoms with Crippen molar-refractivity contribution in [3.8, 4) is 11.5 Å². The summed E-state index contributed by atoms with van der Waals surface area (Å²) in [4.78, 5) is 0.285. The molecule has 0 saturated heterocycles. The molecule has 3 rings (SSSR count). The SMILES string of the molecule is Cc1cc(C)c(S(=O)(=O)Nc2ccc3c(c2)OCO3)cc1C. The number of anilines is 1. The van der Waals surface area contributed by atoms with E-state index in [9.17, 15) is 8.42 Å². The molecule has 1 aliphatic heterocycles. The molecule has 0 radical (unpaired) electrons. The van der Waals surface area contributed by atoms with Crippen molar-refractivity contribution in [1.29, 1.82) is 0 Å². The summed E-state index contributed by atoms with van der Waals surface area (Å²) in [5, 5.41) is 0. The summed E-state index contributed by atoms with van der Waals surface area (Å²) in [6, 6.07) is 8.54. The van der Waals surface area contributed by atoms with Gasteiger partial charge in [0.1, 0.15) is 0 Å². The molecule has 6 heteroatoms. The maximum absolute atomic E-state index is 12.6. The van der Waals surface area contributed by atoms with E-state index >= 15 is 0 Å². The first kappa shape index (κ1) is 14.7. The van der Waals surface area contributed by atoms with Gasteiger partial charge >= 0.3 is 0 Å². The van der Waals surface area contributed by atoms with E-state index in [-0.39, 0.29) is 11.7 Å². The second-order valence-electron chi connectivity index (χ2n) is 5.38. The van der Waals surface area contributed by atoms with Crippen LogP contribution < -0.4 is 14.2 Å². The van der Waals surface area contributed by atoms with Crippen LogP contribution in [0.4, 0.5) is 5.69 Å². The summed E-state index contributed by atoms with van der Waals surface area (Å²) in [5.74, 6) is 1.15. The van der Waals surface area contributed by atoms with Crippen LogP contribution in [-0.2, 0) is 10.0 Å². The van der Waals surface area contributed by atoms with Crippen molar-refractivity contribution >= 4 is 15.7 Å². The molecule has 0 atom stereocenters. The van der Waals surface area contributed by atoms with Crippen LogP contribution in [-0.4, -0.2) is 15.2 Å². The van der Waals surface area contributed by atoms with Gasteiger partial charge in [0.15, 0.2) is 11.5 Å². The summed E-state index contributed by atoms with van der Waals surface area (Å²) in [7, 11) is -3.65. The Balaban J connectivity index is 1.96. The summed E-state index contributed by atoms with van der Waals surface area (Å²) in [6.07, 6.45) is 0. The summed E-state index contributed by atoms with van der Waals surface area (Å²) in [5.41, 5.74) is 3.18. The van der Waals surface area contributed by atoms with Gasteiger partial charge in [0, 0.05) is 6.07 Å². The minimum Gasteiger partial charge on any atom is -0.454 e. The molecule has 0 fully saturated rings. The molecule has 0 aliphatic carbocycles. The number of fused-ring (bicyclic) bond motifs is 1. The fourth-order valence-electron chi connectivity index (χ4n) is 2.39. The number of sulfonamides is 1. The first-order chi connectivity index (χ1) is 10.4. The van der Waals surface area contributed by atoms with E-state index in [1.807, 2.05) is 19.9 Å². The second-order valence-corrected chi connectivity index (χ2v) is 7.03. The highest BCUT2D eigenvalue weighted by molar-refractivity contribution is 7.92. The zero-order valence-electron chi connectivity index (χ0n) is 12.6. The van der Waals surface area contributed by atoms with E-state index in [0.29, 0.717) is 17.2 Å². The van der Waals surface area contributed by atoms with Crippen molar-refractivity contribution in [3.05, 3.63) is 47.0 Å². The largest absolute Gasteiger partial charge is 0.454 e. The molecule has 0 saturated carbocycles. The number of rotatable bonds is 3. The highest BCUT2D eigenvalue weighted by Gasteiger charge is 2.20. The molecule has 1 heterocycles. The van der Waals surface area contributed by atoms with Crippen molar-refractivity contribution in [2.45, 2.75) is 25.7 Å². The Labute approximate surface area is 129 Å². The van der Waals surface area contributed by atoms with E-state index in [1.165, 1.54) is 0 Å². The van der Waals surface area contributed by atoms with Crippen molar-refractivity contribution in [3.63, 3.8) is 0 Å². The van der Waals surface area contributed by atoms with Gasteiger partial charge in [-0.15, -0.1) is 0 Å². The minimum atomic E-state index is -3.65. The fourth-order valence-corrected chi connectivity index (χ4v) is 3.76. The molecule has 1 aliphatic rings. The minimum absolute atomic E-state index is 0.155. The molecule has 1 N–H and O–H groups in total. The molecule has 0 amide bonds. The zero-order valence-corrected chi connectivity index (χ0v) is 13.5. The number of benzene rings is 2. The molecule has 0 unspecified atom stereocenters. The molecule has 116 valence electrons. The highest BCUT2D eigenvalue weighted by atomic mass is 32.2. The van der Waals surface area contributed by atoms with Gasteiger partial charge in [0.25, 0.3) is 10.0 Å². The van der Waals surface area contributed by atoms with Gasteiger partial charge in [0.2, 0.25) is 6.79 Å². The average Bonchev–Trinajstić information content (AvgIpc) is 2.89. The maximum atomic E-state index is 12.6. The zero-order chi connectivity index (χ0) is 15.9. The molecule has 2 aromatic carbocycles. The van der Waals surface area contributed by atoms with Crippen molar-refractivity contribution in [1.82, 2.24) is 0 Å². The Morgan fingerprint density at radius 3 is 2.36 bits per heavy atom. The van der Waals surface area contributed by atoms with Gasteiger partial charge < -0.3 is 9.47 Å². The van der Waals surface area contributed by atoms with E-state index < -0.39 is 10.0 Å². The van der Waals surface area contributed by atoms with Gasteiger partial charge in [-0.25, -0.2) is 8.42 Å². The number of hydrogen-bond acceptors (Lipinski definition) is 4. The standard InChI is InChI=1S/C16H17NO4S/c1-10-6-12(3)16(7-11(10)2)22(18,19)17-13-4-5-14-15(8-13)21-9-20-14/h4-8,17H,9H2,1-3H3. The summed E-state index contributed by atoms with van der Waals surface area (Å²) >= 11 is 0. The molecule has 2 aromatic rings. The lowest BCUT2D eigenvalue weighted by Crippen LogP contribution is -2.14. The quantitative estimate of drug-likeness (QED) is 0.944. The summed E-state index contributed by atoms with van der Waals surface area (Å²) < 4.78 is 38.3. The van der Waals surface area contributed by atoms with Gasteiger partial charge in [-0.2, -0.15) is 0 Å². The van der Waals surface area contributed by atoms with E-state index in [4.69, 9.17) is 9.47 Å². The Morgan fingerprint density at radius 1 is 0.909 bits per heavy atom. The molecule has 22 heavy (non-hydrogen) atoms. The van der Waals surface area contributed by atoms with Crippen molar-refractivity contribution in [2.24, 2.45) is 0 Å². The van der Waals surface area contributed by atoms with Crippen LogP contribution in [0.5, 0.6) is 11.5 Å². The third-order valence-electron chi connectivity index (χ3n) is 3.71. The lowest BCUT2D eigenvalue weighted by atomic mass is 10.1. The molecular formula is C16H17NO4S. The van der Waals surface area contributed by atoms with Crippen LogP contribution >= 0.6 is 0 Å². The predicted octanol–water partition coefficient (Wildman–Crippen LogP) is 3.14. The molecular weight excluding hydrogens is 302 g/mol. The van der Waals surface area contributed by atoms with Crippen LogP contribution in [0.2, 0.25) is 0 Å². The van der Waals surface area contributed by atoms with E-state index in [0.717, 1.165) is 16.7 Å². The molecule has 5 nitrogen and oxygen atoms in total. The monoisotopic (exact) mass is 319 g/mol. The summed E-state index contributed by atoms with van der Waals surface area (Å²) in [6.45, 7) is 5.81. The topological polar surface area (TPSA) is 64.6 Å². The first-order valence-electron chi connectivity index (χ1n) is 6.87. The van der Waals surface area contributed by atoms with Crippen LogP contribution in [0.3, 0.4) is 0 Å². The average molecular weight is 319 g/mol. The smallest absolute Gasteiger partial charge is 0.262 e. The van der Waals surface area contributed by atoms with Crippen LogP contribution in [0.15, 0.2) is 35.2 Å². The first-order valence-corrected chi connectivity index (χ1v) is 8.35. The molecule has 0 spiro atoms. The third-order valence-corrected chi connectivity index (χ3v) is 5.23. The van der Waals surface area contributed by atoms with Crippen molar-refractivity contribution in [2.75, 3.05) is 11.5 Å². The Kier molecular flexibility index (Phi) is 3.48. The lowest BCUT2D eigenvalue weighted by molar-refractivity contribution is 0.174. The van der Waals surface area contributed by atoms with E-state index in [1.54, 1.807) is 31.2 Å². The molecule has 0 aromatic heterocycles. The highest BCUT2D eigenvalue weighted by Crippen LogP contribution is 2.35.